The molecule has 0 bridgehead atoms. The maximum absolute atomic E-state index is 13.6. The monoisotopic (exact) mass is 619 g/mol. The summed E-state index contributed by atoms with van der Waals surface area (Å²) >= 11 is 0. The lowest BCUT2D eigenvalue weighted by atomic mass is 9.70. The average Bonchev–Trinajstić information content (AvgIpc) is 3.68. The van der Waals surface area contributed by atoms with Crippen LogP contribution in [-0.4, -0.2) is 88.7 Å². The lowest BCUT2D eigenvalue weighted by Crippen LogP contribution is -2.60. The summed E-state index contributed by atoms with van der Waals surface area (Å²) in [4.78, 5) is 36.3. The molecule has 4 aromatic heterocycles. The van der Waals surface area contributed by atoms with E-state index in [1.807, 2.05) is 23.1 Å². The van der Waals surface area contributed by atoms with Crippen molar-refractivity contribution in [2.24, 2.45) is 0 Å². The van der Waals surface area contributed by atoms with Gasteiger partial charge < -0.3 is 15.2 Å². The molecule has 2 N–H and O–H groups in total. The van der Waals surface area contributed by atoms with Crippen LogP contribution in [0.5, 0.6) is 0 Å². The lowest BCUT2D eigenvalue weighted by Gasteiger charge is -2.52. The van der Waals surface area contributed by atoms with Crippen LogP contribution in [0.4, 0.5) is 13.2 Å². The van der Waals surface area contributed by atoms with Crippen molar-refractivity contribution in [1.29, 1.82) is 5.26 Å². The molecule has 1 amide bonds. The minimum atomic E-state index is -4.75. The number of carbonyl (C=O) groups is 1. The molecule has 2 saturated carbocycles. The third-order valence-corrected chi connectivity index (χ3v) is 9.38. The van der Waals surface area contributed by atoms with E-state index in [0.717, 1.165) is 54.4 Å². The number of aromatic nitrogens is 7. The summed E-state index contributed by atoms with van der Waals surface area (Å²) in [5, 5.41) is 18.4. The van der Waals surface area contributed by atoms with Gasteiger partial charge in [0.15, 0.2) is 0 Å². The number of amides is 1. The molecule has 4 aromatic rings. The largest absolute Gasteiger partial charge is 0.451 e. The number of halogens is 3. The Bertz CT molecular complexity index is 1740. The van der Waals surface area contributed by atoms with E-state index in [1.54, 1.807) is 11.1 Å². The Kier molecular flexibility index (Phi) is 7.49. The van der Waals surface area contributed by atoms with E-state index in [9.17, 15) is 23.2 Å². The molecule has 234 valence electrons. The Morgan fingerprint density at radius 2 is 1.96 bits per heavy atom. The molecule has 15 heteroatoms. The Hall–Kier alpha value is -4.42. The Morgan fingerprint density at radius 1 is 1.16 bits per heavy atom. The zero-order valence-electron chi connectivity index (χ0n) is 24.5. The highest BCUT2D eigenvalue weighted by molar-refractivity contribution is 5.92. The predicted molar refractivity (Wildman–Crippen MR) is 155 cm³/mol. The van der Waals surface area contributed by atoms with Crippen LogP contribution in [0, 0.1) is 11.3 Å². The molecule has 3 aliphatic rings. The first-order valence-electron chi connectivity index (χ1n) is 15.1. The van der Waals surface area contributed by atoms with Gasteiger partial charge in [0, 0.05) is 68.2 Å². The number of hydrogen-bond acceptors (Lipinski definition) is 9. The van der Waals surface area contributed by atoms with Crippen LogP contribution < -0.4 is 5.32 Å². The molecule has 45 heavy (non-hydrogen) atoms. The molecule has 0 radical (unpaired) electrons. The highest BCUT2D eigenvalue weighted by Crippen LogP contribution is 2.45. The Labute approximate surface area is 256 Å². The summed E-state index contributed by atoms with van der Waals surface area (Å²) in [6, 6.07) is 6.08. The van der Waals surface area contributed by atoms with E-state index >= 15 is 0 Å². The number of carbonyl (C=O) groups excluding carboxylic acids is 1. The van der Waals surface area contributed by atoms with Gasteiger partial charge in [-0.3, -0.25) is 14.4 Å². The molecule has 0 aromatic carbocycles. The van der Waals surface area contributed by atoms with Gasteiger partial charge in [-0.25, -0.2) is 19.9 Å². The maximum Gasteiger partial charge on any atom is 0.451 e. The molecular formula is C30H32F3N11O. The fourth-order valence-electron chi connectivity index (χ4n) is 6.58. The van der Waals surface area contributed by atoms with Crippen molar-refractivity contribution in [3.8, 4) is 17.3 Å². The van der Waals surface area contributed by atoms with E-state index in [-0.39, 0.29) is 30.0 Å². The predicted octanol–water partition coefficient (Wildman–Crippen LogP) is 3.50. The van der Waals surface area contributed by atoms with E-state index in [1.165, 1.54) is 12.4 Å². The Balaban J connectivity index is 0.998. The summed E-state index contributed by atoms with van der Waals surface area (Å²) in [6.07, 6.45) is 7.07. The van der Waals surface area contributed by atoms with Gasteiger partial charge in [0.25, 0.3) is 5.91 Å². The van der Waals surface area contributed by atoms with Gasteiger partial charge in [-0.2, -0.15) is 23.5 Å². The molecule has 1 saturated heterocycles. The fraction of sp³-hybridized carbons (Fsp3) is 0.500. The highest BCUT2D eigenvalue weighted by atomic mass is 19.4. The number of aromatic amines is 1. The number of nitriles is 1. The summed E-state index contributed by atoms with van der Waals surface area (Å²) < 4.78 is 42.6. The molecule has 12 nitrogen and oxygen atoms in total. The third-order valence-electron chi connectivity index (χ3n) is 9.38. The molecule has 0 spiro atoms. The summed E-state index contributed by atoms with van der Waals surface area (Å²) in [7, 11) is 0. The van der Waals surface area contributed by atoms with Gasteiger partial charge in [-0.1, -0.05) is 6.42 Å². The fourth-order valence-corrected chi connectivity index (χ4v) is 6.58. The van der Waals surface area contributed by atoms with Crippen LogP contribution in [0.1, 0.15) is 60.5 Å². The van der Waals surface area contributed by atoms with Crippen molar-refractivity contribution >= 4 is 16.9 Å². The topological polar surface area (TPSA) is 145 Å². The number of nitrogens with one attached hydrogen (secondary N) is 2. The van der Waals surface area contributed by atoms with Gasteiger partial charge in [0.2, 0.25) is 5.82 Å². The number of rotatable bonds is 8. The van der Waals surface area contributed by atoms with Crippen molar-refractivity contribution in [2.45, 2.75) is 68.9 Å². The highest BCUT2D eigenvalue weighted by Gasteiger charge is 2.49. The van der Waals surface area contributed by atoms with Gasteiger partial charge in [0.05, 0.1) is 35.6 Å². The number of nitrogens with zero attached hydrogens (tertiary/aromatic N) is 9. The number of alkyl halides is 3. The molecular weight excluding hydrogens is 587 g/mol. The van der Waals surface area contributed by atoms with Crippen LogP contribution in [0.25, 0.3) is 22.3 Å². The Morgan fingerprint density at radius 3 is 2.67 bits per heavy atom. The molecule has 0 atom stereocenters. The molecule has 7 rings (SSSR count). The first-order chi connectivity index (χ1) is 21.7. The van der Waals surface area contributed by atoms with Crippen molar-refractivity contribution < 1.29 is 18.0 Å². The van der Waals surface area contributed by atoms with Crippen LogP contribution in [-0.2, 0) is 18.3 Å². The van der Waals surface area contributed by atoms with Gasteiger partial charge in [-0.15, -0.1) is 0 Å². The molecule has 5 heterocycles. The minimum Gasteiger partial charge on any atom is -0.346 e. The summed E-state index contributed by atoms with van der Waals surface area (Å²) in [5.74, 6) is -1.81. The third kappa shape index (κ3) is 5.64. The second kappa shape index (κ2) is 11.5. The normalized spacial score (nSPS) is 22.6. The zero-order chi connectivity index (χ0) is 31.2. The van der Waals surface area contributed by atoms with Gasteiger partial charge >= 0.3 is 6.18 Å². The van der Waals surface area contributed by atoms with Crippen LogP contribution in [0.15, 0.2) is 37.1 Å². The van der Waals surface area contributed by atoms with Crippen molar-refractivity contribution in [3.63, 3.8) is 0 Å². The maximum atomic E-state index is 13.6. The van der Waals surface area contributed by atoms with Crippen LogP contribution in [0.2, 0.25) is 0 Å². The van der Waals surface area contributed by atoms with Gasteiger partial charge in [-0.05, 0) is 37.8 Å². The zero-order valence-corrected chi connectivity index (χ0v) is 24.5. The van der Waals surface area contributed by atoms with Crippen molar-refractivity contribution in [1.82, 2.24) is 49.8 Å². The number of piperazine rings is 1. The molecule has 2 aliphatic carbocycles. The number of H-pyrrole nitrogens is 1. The summed E-state index contributed by atoms with van der Waals surface area (Å²) in [6.45, 7) is 2.04. The van der Waals surface area contributed by atoms with E-state index < -0.39 is 23.4 Å². The van der Waals surface area contributed by atoms with Gasteiger partial charge in [0.1, 0.15) is 17.7 Å². The minimum absolute atomic E-state index is 0.156. The number of fused-ring (bicyclic) bond motifs is 1. The first-order valence-corrected chi connectivity index (χ1v) is 15.1. The quantitative estimate of drug-likeness (QED) is 0.303. The van der Waals surface area contributed by atoms with Crippen LogP contribution >= 0.6 is 0 Å². The summed E-state index contributed by atoms with van der Waals surface area (Å²) in [5.41, 5.74) is 1.83. The van der Waals surface area contributed by atoms with Crippen molar-refractivity contribution in [3.05, 3.63) is 54.3 Å². The van der Waals surface area contributed by atoms with E-state index in [2.05, 4.69) is 46.3 Å². The van der Waals surface area contributed by atoms with Crippen molar-refractivity contribution in [2.75, 3.05) is 26.2 Å². The molecule has 3 fully saturated rings. The number of hydrogen-bond donors (Lipinski definition) is 2. The second-order valence-electron chi connectivity index (χ2n) is 12.2. The van der Waals surface area contributed by atoms with E-state index in [4.69, 9.17) is 0 Å². The van der Waals surface area contributed by atoms with Crippen LogP contribution in [0.3, 0.4) is 0 Å². The lowest BCUT2D eigenvalue weighted by molar-refractivity contribution is -0.145. The first kappa shape index (κ1) is 29.3. The average molecular weight is 620 g/mol. The second-order valence-corrected chi connectivity index (χ2v) is 12.2. The molecule has 1 aliphatic heterocycles. The molecule has 0 unspecified atom stereocenters. The SMILES string of the molecule is N#CC[C@]1(n2cc(-c3ncnc4[nH]ccc34)cn2)C[C@@H](N2CCN(C(=O)c3cc(CNC4CCC4)nc(C(F)(F)F)n3)CC2)C1. The van der Waals surface area contributed by atoms with E-state index in [0.29, 0.717) is 32.6 Å². The smallest absolute Gasteiger partial charge is 0.346 e. The standard InChI is InChI=1S/C30H32F3N11O/c31-30(32,33)28-40-21(16-36-20-2-1-3-20)12-24(41-28)27(45)43-10-8-42(9-11-43)22-13-29(14-22,5-6-34)44-17-19(15-39-44)25-23-4-7-35-26(23)38-18-37-25/h4,7,12,15,17-18,20,22,36H,1-3,5,8-11,13-14,16H2,(H,35,37,38)/t22-,29+.